The minimum Gasteiger partial charge on any atom is -0.493 e. The highest BCUT2D eigenvalue weighted by Crippen LogP contribution is 2.20. The second kappa shape index (κ2) is 13.6. The molecule has 1 rings (SSSR count). The van der Waals surface area contributed by atoms with Gasteiger partial charge < -0.3 is 4.74 Å². The van der Waals surface area contributed by atoms with Crippen molar-refractivity contribution < 1.29 is 4.74 Å². The van der Waals surface area contributed by atoms with Gasteiger partial charge in [0.1, 0.15) is 5.75 Å². The summed E-state index contributed by atoms with van der Waals surface area (Å²) in [5.41, 5.74) is 2.62. The summed E-state index contributed by atoms with van der Waals surface area (Å²) >= 11 is 0. The second-order valence-corrected chi connectivity index (χ2v) is 6.68. The largest absolute Gasteiger partial charge is 0.493 e. The van der Waals surface area contributed by atoms with Crippen LogP contribution in [0.25, 0.3) is 0 Å². The number of hydrogen-bond donors (Lipinski definition) is 0. The lowest BCUT2D eigenvalue weighted by Crippen LogP contribution is -2.32. The molecule has 136 valence electrons. The van der Waals surface area contributed by atoms with Crippen LogP contribution in [0.1, 0.15) is 51.0 Å². The highest BCUT2D eigenvalue weighted by molar-refractivity contribution is 6.74. The molecule has 1 aromatic rings. The molecule has 0 aliphatic carbocycles. The third-order valence-corrected chi connectivity index (χ3v) is 4.62. The van der Waals surface area contributed by atoms with Crippen LogP contribution in [0.2, 0.25) is 12.6 Å². The zero-order chi connectivity index (χ0) is 18.3. The lowest BCUT2D eigenvalue weighted by atomic mass is 9.40. The van der Waals surface area contributed by atoms with Crippen molar-refractivity contribution in [2.24, 2.45) is 0 Å². The molecule has 0 atom stereocenters. The molecule has 25 heavy (non-hydrogen) atoms. The van der Waals surface area contributed by atoms with Gasteiger partial charge in [-0.15, -0.1) is 19.7 Å². The van der Waals surface area contributed by atoms with Gasteiger partial charge in [-0.3, -0.25) is 0 Å². The van der Waals surface area contributed by atoms with Crippen LogP contribution in [0.15, 0.2) is 56.2 Å². The molecule has 0 amide bonds. The van der Waals surface area contributed by atoms with E-state index >= 15 is 0 Å². The summed E-state index contributed by atoms with van der Waals surface area (Å²) in [7, 11) is 0. The molecule has 0 aliphatic heterocycles. The molecule has 0 unspecified atom stereocenters. The molecule has 2 heteroatoms. The van der Waals surface area contributed by atoms with E-state index < -0.39 is 0 Å². The SMILES string of the molecule is C=CCB(CC=C)c1cccc(OCCCCCCCC)c1CC=C. The summed E-state index contributed by atoms with van der Waals surface area (Å²) in [6.07, 6.45) is 16.4. The normalized spacial score (nSPS) is 10.3. The lowest BCUT2D eigenvalue weighted by molar-refractivity contribution is 0.302. The van der Waals surface area contributed by atoms with Gasteiger partial charge in [0.05, 0.1) is 6.61 Å². The first-order valence-corrected chi connectivity index (χ1v) is 9.85. The summed E-state index contributed by atoms with van der Waals surface area (Å²) in [6, 6.07) is 6.42. The topological polar surface area (TPSA) is 9.23 Å². The average molecular weight is 338 g/mol. The van der Waals surface area contributed by atoms with Crippen LogP contribution in [0.3, 0.4) is 0 Å². The van der Waals surface area contributed by atoms with Crippen LogP contribution in [0.4, 0.5) is 0 Å². The Labute approximate surface area is 156 Å². The van der Waals surface area contributed by atoms with Crippen LogP contribution in [-0.4, -0.2) is 13.3 Å². The molecule has 0 radical (unpaired) electrons. The summed E-state index contributed by atoms with van der Waals surface area (Å²) in [4.78, 5) is 0. The number of allylic oxidation sites excluding steroid dienone is 3. The maximum atomic E-state index is 6.14. The van der Waals surface area contributed by atoms with E-state index in [0.717, 1.165) is 37.8 Å². The molecule has 0 bridgehead atoms. The van der Waals surface area contributed by atoms with Crippen molar-refractivity contribution in [1.82, 2.24) is 0 Å². The van der Waals surface area contributed by atoms with E-state index in [1.165, 1.54) is 43.1 Å². The average Bonchev–Trinajstić information content (AvgIpc) is 2.62. The molecule has 0 heterocycles. The summed E-state index contributed by atoms with van der Waals surface area (Å²) < 4.78 is 6.14. The van der Waals surface area contributed by atoms with Crippen molar-refractivity contribution >= 4 is 12.2 Å². The first-order chi connectivity index (χ1) is 12.3. The molecule has 0 aromatic heterocycles. The van der Waals surface area contributed by atoms with Crippen LogP contribution in [-0.2, 0) is 6.42 Å². The van der Waals surface area contributed by atoms with Crippen molar-refractivity contribution in [3.63, 3.8) is 0 Å². The summed E-state index contributed by atoms with van der Waals surface area (Å²) in [5, 5.41) is 0. The maximum Gasteiger partial charge on any atom is 0.184 e. The van der Waals surface area contributed by atoms with Gasteiger partial charge in [0.15, 0.2) is 6.71 Å². The smallest absolute Gasteiger partial charge is 0.184 e. The lowest BCUT2D eigenvalue weighted by Gasteiger charge is -2.19. The number of benzene rings is 1. The predicted octanol–water partition coefficient (Wildman–Crippen LogP) is 6.23. The molecule has 0 saturated carbocycles. The standard InChI is InChI=1S/C23H35BO/c1-5-9-10-11-12-13-20-25-23-17-14-16-22(21(23)15-6-2)24(18-7-3)19-8-4/h6-8,14,16-17H,2-5,9-13,15,18-20H2,1H3. The number of rotatable bonds is 15. The van der Waals surface area contributed by atoms with Crippen LogP contribution >= 0.6 is 0 Å². The van der Waals surface area contributed by atoms with E-state index in [9.17, 15) is 0 Å². The number of hydrogen-bond acceptors (Lipinski definition) is 1. The maximum absolute atomic E-state index is 6.14. The molecule has 0 spiro atoms. The Morgan fingerprint density at radius 1 is 0.920 bits per heavy atom. The molecule has 0 aliphatic rings. The van der Waals surface area contributed by atoms with Gasteiger partial charge in [-0.25, -0.2) is 0 Å². The zero-order valence-corrected chi connectivity index (χ0v) is 16.1. The van der Waals surface area contributed by atoms with Crippen LogP contribution < -0.4 is 10.2 Å². The fourth-order valence-electron chi connectivity index (χ4n) is 3.28. The van der Waals surface area contributed by atoms with Gasteiger partial charge in [-0.05, 0) is 24.5 Å². The van der Waals surface area contributed by atoms with Crippen molar-refractivity contribution in [3.05, 3.63) is 61.7 Å². The van der Waals surface area contributed by atoms with Crippen LogP contribution in [0.5, 0.6) is 5.75 Å². The van der Waals surface area contributed by atoms with Crippen LogP contribution in [0, 0.1) is 0 Å². The highest BCUT2D eigenvalue weighted by Gasteiger charge is 2.19. The fourth-order valence-corrected chi connectivity index (χ4v) is 3.28. The van der Waals surface area contributed by atoms with E-state index in [1.807, 2.05) is 18.2 Å². The van der Waals surface area contributed by atoms with E-state index in [1.54, 1.807) is 0 Å². The van der Waals surface area contributed by atoms with Gasteiger partial charge in [-0.1, -0.05) is 87.5 Å². The Hall–Kier alpha value is -1.70. The first kappa shape index (κ1) is 21.3. The fraction of sp³-hybridized carbons (Fsp3) is 0.478. The second-order valence-electron chi connectivity index (χ2n) is 6.68. The summed E-state index contributed by atoms with van der Waals surface area (Å²) in [6.45, 7) is 15.2. The Bertz CT molecular complexity index is 511. The van der Waals surface area contributed by atoms with Gasteiger partial charge >= 0.3 is 0 Å². The van der Waals surface area contributed by atoms with Gasteiger partial charge in [0.25, 0.3) is 0 Å². The monoisotopic (exact) mass is 338 g/mol. The quantitative estimate of drug-likeness (QED) is 0.209. The molecule has 0 saturated heterocycles. The van der Waals surface area contributed by atoms with E-state index in [-0.39, 0.29) is 0 Å². The Balaban J connectivity index is 2.74. The Morgan fingerprint density at radius 2 is 1.60 bits per heavy atom. The number of ether oxygens (including phenoxy) is 1. The van der Waals surface area contributed by atoms with Crippen molar-refractivity contribution in [1.29, 1.82) is 0 Å². The predicted molar refractivity (Wildman–Crippen MR) is 115 cm³/mol. The molecule has 1 aromatic carbocycles. The van der Waals surface area contributed by atoms with Gasteiger partial charge in [-0.2, -0.15) is 0 Å². The van der Waals surface area contributed by atoms with E-state index in [2.05, 4.69) is 44.9 Å². The first-order valence-electron chi connectivity index (χ1n) is 9.85. The molecule has 1 nitrogen and oxygen atoms in total. The van der Waals surface area contributed by atoms with Crippen molar-refractivity contribution in [2.45, 2.75) is 64.5 Å². The Kier molecular flexibility index (Phi) is 11.6. The van der Waals surface area contributed by atoms with Gasteiger partial charge in [0.2, 0.25) is 0 Å². The minimum atomic E-state index is 0.419. The van der Waals surface area contributed by atoms with E-state index in [0.29, 0.717) is 6.71 Å². The molecular weight excluding hydrogens is 303 g/mol. The van der Waals surface area contributed by atoms with E-state index in [4.69, 9.17) is 4.74 Å². The van der Waals surface area contributed by atoms with Crippen molar-refractivity contribution in [3.8, 4) is 5.75 Å². The third kappa shape index (κ3) is 7.81. The molecule has 0 fully saturated rings. The zero-order valence-electron chi connectivity index (χ0n) is 16.1. The molecule has 0 N–H and O–H groups in total. The summed E-state index contributed by atoms with van der Waals surface area (Å²) in [5.74, 6) is 1.02. The minimum absolute atomic E-state index is 0.419. The van der Waals surface area contributed by atoms with Gasteiger partial charge in [0, 0.05) is 0 Å². The third-order valence-electron chi connectivity index (χ3n) is 4.62. The van der Waals surface area contributed by atoms with Crippen molar-refractivity contribution in [2.75, 3.05) is 6.61 Å². The molecular formula is C23H35BO. The number of unbranched alkanes of at least 4 members (excludes halogenated alkanes) is 5. The highest BCUT2D eigenvalue weighted by atomic mass is 16.5. The Morgan fingerprint density at radius 3 is 2.24 bits per heavy atom.